The quantitative estimate of drug-likeness (QED) is 0.683. The fourth-order valence-electron chi connectivity index (χ4n) is 2.47. The predicted octanol–water partition coefficient (Wildman–Crippen LogP) is 0.132. The molecule has 0 unspecified atom stereocenters. The first kappa shape index (κ1) is 8.17. The number of nitrogens with one attached hydrogen (secondary N) is 1. The topological polar surface area (TPSA) is 41.1 Å². The van der Waals surface area contributed by atoms with Crippen LogP contribution in [0.15, 0.2) is 18.5 Å². The van der Waals surface area contributed by atoms with Gasteiger partial charge in [0.25, 0.3) is 0 Å². The zero-order chi connectivity index (χ0) is 9.38. The van der Waals surface area contributed by atoms with Crippen molar-refractivity contribution in [2.45, 2.75) is 0 Å². The molecule has 0 aliphatic carbocycles. The largest absolute Gasteiger partial charge is 0.340 e. The van der Waals surface area contributed by atoms with Crippen molar-refractivity contribution < 1.29 is 0 Å². The van der Waals surface area contributed by atoms with E-state index in [9.17, 15) is 0 Å². The molecule has 1 aromatic rings. The van der Waals surface area contributed by atoms with Gasteiger partial charge in [0, 0.05) is 38.6 Å². The molecule has 0 aromatic carbocycles. The van der Waals surface area contributed by atoms with E-state index in [1.807, 2.05) is 18.5 Å². The fourth-order valence-corrected chi connectivity index (χ4v) is 2.47. The Balaban J connectivity index is 1.77. The van der Waals surface area contributed by atoms with Crippen LogP contribution in [-0.2, 0) is 0 Å². The summed E-state index contributed by atoms with van der Waals surface area (Å²) < 4.78 is 0. The SMILES string of the molecule is c1cnc(N2C[C@H]3CNC[C@H]3C2)nc1. The van der Waals surface area contributed by atoms with E-state index in [0.29, 0.717) is 0 Å². The maximum Gasteiger partial charge on any atom is 0.225 e. The lowest BCUT2D eigenvalue weighted by Crippen LogP contribution is -2.26. The van der Waals surface area contributed by atoms with E-state index in [1.165, 1.54) is 0 Å². The van der Waals surface area contributed by atoms with Gasteiger partial charge in [0.2, 0.25) is 5.95 Å². The van der Waals surface area contributed by atoms with Gasteiger partial charge in [0.1, 0.15) is 0 Å². The third-order valence-electron chi connectivity index (χ3n) is 3.22. The van der Waals surface area contributed by atoms with E-state index in [-0.39, 0.29) is 0 Å². The van der Waals surface area contributed by atoms with Crippen LogP contribution >= 0.6 is 0 Å². The average molecular weight is 190 g/mol. The predicted molar refractivity (Wildman–Crippen MR) is 54.1 cm³/mol. The minimum absolute atomic E-state index is 0.804. The van der Waals surface area contributed by atoms with Crippen LogP contribution in [0.2, 0.25) is 0 Å². The van der Waals surface area contributed by atoms with Gasteiger partial charge < -0.3 is 10.2 Å². The Morgan fingerprint density at radius 2 is 1.79 bits per heavy atom. The molecule has 2 aliphatic rings. The van der Waals surface area contributed by atoms with Crippen molar-refractivity contribution >= 4 is 5.95 Å². The second-order valence-electron chi connectivity index (χ2n) is 4.13. The zero-order valence-electron chi connectivity index (χ0n) is 8.06. The van der Waals surface area contributed by atoms with Gasteiger partial charge in [0.15, 0.2) is 0 Å². The summed E-state index contributed by atoms with van der Waals surface area (Å²) in [5.74, 6) is 2.50. The molecule has 2 fully saturated rings. The van der Waals surface area contributed by atoms with Crippen molar-refractivity contribution in [3.8, 4) is 0 Å². The zero-order valence-corrected chi connectivity index (χ0v) is 8.06. The van der Waals surface area contributed by atoms with E-state index in [2.05, 4.69) is 20.2 Å². The third kappa shape index (κ3) is 1.26. The molecule has 0 amide bonds. The van der Waals surface area contributed by atoms with Crippen LogP contribution in [0.4, 0.5) is 5.95 Å². The van der Waals surface area contributed by atoms with Gasteiger partial charge in [-0.25, -0.2) is 9.97 Å². The number of rotatable bonds is 1. The van der Waals surface area contributed by atoms with Crippen LogP contribution < -0.4 is 10.2 Å². The van der Waals surface area contributed by atoms with Crippen molar-refractivity contribution in [2.75, 3.05) is 31.1 Å². The summed E-state index contributed by atoms with van der Waals surface area (Å²) in [6, 6.07) is 1.86. The average Bonchev–Trinajstić information content (AvgIpc) is 2.78. The number of aromatic nitrogens is 2. The van der Waals surface area contributed by atoms with Crippen LogP contribution in [0.25, 0.3) is 0 Å². The van der Waals surface area contributed by atoms with Crippen LogP contribution in [0.1, 0.15) is 0 Å². The normalized spacial score (nSPS) is 30.7. The number of hydrogen-bond donors (Lipinski definition) is 1. The van der Waals surface area contributed by atoms with Crippen LogP contribution in [0, 0.1) is 11.8 Å². The van der Waals surface area contributed by atoms with E-state index >= 15 is 0 Å². The highest BCUT2D eigenvalue weighted by molar-refractivity contribution is 5.31. The van der Waals surface area contributed by atoms with Crippen LogP contribution in [0.3, 0.4) is 0 Å². The molecule has 4 nitrogen and oxygen atoms in total. The Morgan fingerprint density at radius 1 is 1.14 bits per heavy atom. The summed E-state index contributed by atoms with van der Waals surface area (Å²) in [5, 5.41) is 3.43. The second-order valence-corrected chi connectivity index (χ2v) is 4.13. The Kier molecular flexibility index (Phi) is 1.87. The number of hydrogen-bond acceptors (Lipinski definition) is 4. The lowest BCUT2D eigenvalue weighted by atomic mass is 10.0. The molecule has 3 rings (SSSR count). The molecule has 0 spiro atoms. The molecule has 2 atom stereocenters. The molecule has 1 aromatic heterocycles. The highest BCUT2D eigenvalue weighted by Gasteiger charge is 2.36. The van der Waals surface area contributed by atoms with Gasteiger partial charge in [-0.2, -0.15) is 0 Å². The monoisotopic (exact) mass is 190 g/mol. The number of anilines is 1. The first-order valence-corrected chi connectivity index (χ1v) is 5.16. The molecule has 0 bridgehead atoms. The molecular formula is C10H14N4. The van der Waals surface area contributed by atoms with Crippen molar-refractivity contribution in [3.63, 3.8) is 0 Å². The third-order valence-corrected chi connectivity index (χ3v) is 3.22. The molecule has 74 valence electrons. The van der Waals surface area contributed by atoms with Crippen molar-refractivity contribution in [1.82, 2.24) is 15.3 Å². The molecular weight excluding hydrogens is 176 g/mol. The lowest BCUT2D eigenvalue weighted by Gasteiger charge is -2.16. The number of fused-ring (bicyclic) bond motifs is 1. The van der Waals surface area contributed by atoms with E-state index < -0.39 is 0 Å². The summed E-state index contributed by atoms with van der Waals surface area (Å²) in [6.45, 7) is 4.55. The highest BCUT2D eigenvalue weighted by atomic mass is 15.3. The molecule has 1 N–H and O–H groups in total. The van der Waals surface area contributed by atoms with Gasteiger partial charge in [-0.05, 0) is 17.9 Å². The Bertz CT molecular complexity index is 301. The molecule has 3 heterocycles. The van der Waals surface area contributed by atoms with Gasteiger partial charge in [0.05, 0.1) is 0 Å². The summed E-state index contributed by atoms with van der Waals surface area (Å²) in [6.07, 6.45) is 3.63. The van der Waals surface area contributed by atoms with E-state index in [4.69, 9.17) is 0 Å². The Labute approximate surface area is 83.4 Å². The summed E-state index contributed by atoms with van der Waals surface area (Å²) in [7, 11) is 0. The van der Waals surface area contributed by atoms with Crippen molar-refractivity contribution in [3.05, 3.63) is 18.5 Å². The summed E-state index contributed by atoms with van der Waals surface area (Å²) in [5.41, 5.74) is 0. The van der Waals surface area contributed by atoms with Crippen LogP contribution in [-0.4, -0.2) is 36.1 Å². The summed E-state index contributed by atoms with van der Waals surface area (Å²) >= 11 is 0. The summed E-state index contributed by atoms with van der Waals surface area (Å²) in [4.78, 5) is 10.9. The van der Waals surface area contributed by atoms with E-state index in [1.54, 1.807) is 0 Å². The molecule has 2 aliphatic heterocycles. The molecule has 14 heavy (non-hydrogen) atoms. The fraction of sp³-hybridized carbons (Fsp3) is 0.600. The minimum atomic E-state index is 0.804. The van der Waals surface area contributed by atoms with Gasteiger partial charge in [-0.1, -0.05) is 0 Å². The van der Waals surface area contributed by atoms with Crippen molar-refractivity contribution in [1.29, 1.82) is 0 Å². The maximum absolute atomic E-state index is 4.28. The highest BCUT2D eigenvalue weighted by Crippen LogP contribution is 2.28. The smallest absolute Gasteiger partial charge is 0.225 e. The van der Waals surface area contributed by atoms with E-state index in [0.717, 1.165) is 44.0 Å². The maximum atomic E-state index is 4.28. The second kappa shape index (κ2) is 3.20. The van der Waals surface area contributed by atoms with Crippen LogP contribution in [0.5, 0.6) is 0 Å². The van der Waals surface area contributed by atoms with Gasteiger partial charge in [-0.15, -0.1) is 0 Å². The number of nitrogens with zero attached hydrogens (tertiary/aromatic N) is 3. The molecule has 0 saturated carbocycles. The van der Waals surface area contributed by atoms with Crippen molar-refractivity contribution in [2.24, 2.45) is 11.8 Å². The molecule has 0 radical (unpaired) electrons. The molecule has 4 heteroatoms. The first-order chi connectivity index (χ1) is 6.93. The first-order valence-electron chi connectivity index (χ1n) is 5.16. The molecule has 2 saturated heterocycles. The Morgan fingerprint density at radius 3 is 2.43 bits per heavy atom. The minimum Gasteiger partial charge on any atom is -0.340 e. The Hall–Kier alpha value is -1.16. The van der Waals surface area contributed by atoms with Gasteiger partial charge >= 0.3 is 0 Å². The lowest BCUT2D eigenvalue weighted by molar-refractivity contribution is 0.533. The van der Waals surface area contributed by atoms with Gasteiger partial charge in [-0.3, -0.25) is 0 Å². The standard InChI is InChI=1S/C10H14N4/c1-2-12-10(13-3-1)14-6-8-4-11-5-9(8)7-14/h1-3,8-9,11H,4-7H2/t8-,9+.